The Morgan fingerprint density at radius 3 is 2.22 bits per heavy atom. The van der Waals surface area contributed by atoms with E-state index >= 15 is 0 Å². The van der Waals surface area contributed by atoms with Crippen LogP contribution >= 0.6 is 0 Å². The van der Waals surface area contributed by atoms with Gasteiger partial charge in [0.15, 0.2) is 0 Å². The minimum atomic E-state index is -4.23. The Labute approximate surface area is 242 Å². The first-order valence-electron chi connectivity index (χ1n) is 13.6. The maximum absolute atomic E-state index is 14.1. The predicted octanol–water partition coefficient (Wildman–Crippen LogP) is 5.06. The molecule has 0 unspecified atom stereocenters. The summed E-state index contributed by atoms with van der Waals surface area (Å²) in [5.41, 5.74) is 1.56. The van der Waals surface area contributed by atoms with Crippen molar-refractivity contribution in [2.45, 2.75) is 64.1 Å². The van der Waals surface area contributed by atoms with Crippen molar-refractivity contribution in [1.29, 1.82) is 0 Å². The van der Waals surface area contributed by atoms with E-state index in [1.165, 1.54) is 48.4 Å². The molecule has 3 rings (SSSR count). The van der Waals surface area contributed by atoms with Crippen LogP contribution in [-0.2, 0) is 26.2 Å². The molecule has 3 aromatic rings. The standard InChI is InChI=1S/C31H38FN3O5S/c1-6-23(4)33-31(37)27(7-2)34(20-24-14-16-25(32)17-15-24)30(36)21-35(28-19-22(3)13-18-29(28)40-5)41(38,39)26-11-9-8-10-12-26/h8-19,23,27H,6-7,20-21H2,1-5H3,(H,33,37)/t23-,27-/m1/s1. The molecule has 3 aromatic carbocycles. The van der Waals surface area contributed by atoms with E-state index < -0.39 is 34.3 Å². The highest BCUT2D eigenvalue weighted by atomic mass is 32.2. The molecule has 2 atom stereocenters. The van der Waals surface area contributed by atoms with Gasteiger partial charge in [-0.1, -0.05) is 50.2 Å². The molecule has 0 aliphatic rings. The zero-order chi connectivity index (χ0) is 30.2. The van der Waals surface area contributed by atoms with Crippen molar-refractivity contribution in [1.82, 2.24) is 10.2 Å². The molecular weight excluding hydrogens is 545 g/mol. The Balaban J connectivity index is 2.11. The fourth-order valence-electron chi connectivity index (χ4n) is 4.38. The summed E-state index contributed by atoms with van der Waals surface area (Å²) in [6.45, 7) is 6.80. The maximum atomic E-state index is 14.1. The van der Waals surface area contributed by atoms with Gasteiger partial charge < -0.3 is 15.0 Å². The second-order valence-electron chi connectivity index (χ2n) is 9.89. The third-order valence-corrected chi connectivity index (χ3v) is 8.64. The van der Waals surface area contributed by atoms with Crippen LogP contribution in [0.1, 0.15) is 44.7 Å². The van der Waals surface area contributed by atoms with Crippen molar-refractivity contribution < 1.29 is 27.1 Å². The number of hydrogen-bond acceptors (Lipinski definition) is 5. The number of nitrogens with zero attached hydrogens (tertiary/aromatic N) is 2. The third kappa shape index (κ3) is 7.85. The molecule has 10 heteroatoms. The second kappa shape index (κ2) is 14.1. The predicted molar refractivity (Wildman–Crippen MR) is 158 cm³/mol. The van der Waals surface area contributed by atoms with E-state index in [0.29, 0.717) is 12.0 Å². The van der Waals surface area contributed by atoms with Crippen molar-refractivity contribution >= 4 is 27.5 Å². The topological polar surface area (TPSA) is 96.0 Å². The Morgan fingerprint density at radius 2 is 1.63 bits per heavy atom. The van der Waals surface area contributed by atoms with Gasteiger partial charge in [0.05, 0.1) is 17.7 Å². The molecule has 2 amide bonds. The molecule has 0 fully saturated rings. The Kier molecular flexibility index (Phi) is 10.9. The van der Waals surface area contributed by atoms with Gasteiger partial charge in [-0.15, -0.1) is 0 Å². The molecule has 0 aliphatic carbocycles. The highest BCUT2D eigenvalue weighted by molar-refractivity contribution is 7.92. The number of ether oxygens (including phenoxy) is 1. The van der Waals surface area contributed by atoms with Gasteiger partial charge in [0.1, 0.15) is 24.2 Å². The first kappa shape index (κ1) is 31.6. The van der Waals surface area contributed by atoms with Gasteiger partial charge >= 0.3 is 0 Å². The summed E-state index contributed by atoms with van der Waals surface area (Å²) < 4.78 is 48.2. The van der Waals surface area contributed by atoms with Gasteiger partial charge in [0, 0.05) is 12.6 Å². The molecule has 0 saturated heterocycles. The average Bonchev–Trinajstić information content (AvgIpc) is 2.96. The van der Waals surface area contributed by atoms with Crippen LogP contribution in [0.4, 0.5) is 10.1 Å². The molecule has 0 aromatic heterocycles. The molecule has 8 nitrogen and oxygen atoms in total. The van der Waals surface area contributed by atoms with Crippen LogP contribution in [0.15, 0.2) is 77.7 Å². The second-order valence-corrected chi connectivity index (χ2v) is 11.8. The van der Waals surface area contributed by atoms with E-state index in [1.54, 1.807) is 43.3 Å². The van der Waals surface area contributed by atoms with Crippen LogP contribution in [0.5, 0.6) is 5.75 Å². The van der Waals surface area contributed by atoms with Gasteiger partial charge in [-0.2, -0.15) is 0 Å². The first-order valence-corrected chi connectivity index (χ1v) is 15.0. The van der Waals surface area contributed by atoms with Crippen LogP contribution in [0.3, 0.4) is 0 Å². The number of hydrogen-bond donors (Lipinski definition) is 1. The molecule has 0 aliphatic heterocycles. The Morgan fingerprint density at radius 1 is 0.976 bits per heavy atom. The lowest BCUT2D eigenvalue weighted by atomic mass is 10.1. The average molecular weight is 584 g/mol. The van der Waals surface area contributed by atoms with Crippen molar-refractivity contribution in [2.75, 3.05) is 18.0 Å². The number of carbonyl (C=O) groups is 2. The molecule has 0 saturated carbocycles. The fraction of sp³-hybridized carbons (Fsp3) is 0.355. The molecule has 0 radical (unpaired) electrons. The zero-order valence-electron chi connectivity index (χ0n) is 24.1. The smallest absolute Gasteiger partial charge is 0.264 e. The first-order chi connectivity index (χ1) is 19.5. The summed E-state index contributed by atoms with van der Waals surface area (Å²) in [6.07, 6.45) is 0.985. The normalized spacial score (nSPS) is 12.7. The fourth-order valence-corrected chi connectivity index (χ4v) is 5.81. The number of carbonyl (C=O) groups excluding carboxylic acids is 2. The van der Waals surface area contributed by atoms with E-state index in [0.717, 1.165) is 9.87 Å². The highest BCUT2D eigenvalue weighted by Crippen LogP contribution is 2.33. The number of nitrogens with one attached hydrogen (secondary N) is 1. The summed E-state index contributed by atoms with van der Waals surface area (Å²) in [6, 6.07) is 17.5. The van der Waals surface area contributed by atoms with Crippen molar-refractivity contribution in [3.63, 3.8) is 0 Å². The SMILES string of the molecule is CC[C@@H](C)NC(=O)[C@@H](CC)N(Cc1ccc(F)cc1)C(=O)CN(c1cc(C)ccc1OC)S(=O)(=O)c1ccccc1. The number of halogens is 1. The van der Waals surface area contributed by atoms with Crippen LogP contribution in [0.2, 0.25) is 0 Å². The summed E-state index contributed by atoms with van der Waals surface area (Å²) in [4.78, 5) is 28.8. The quantitative estimate of drug-likeness (QED) is 0.304. The maximum Gasteiger partial charge on any atom is 0.264 e. The summed E-state index contributed by atoms with van der Waals surface area (Å²) in [5.74, 6) is -1.10. The van der Waals surface area contributed by atoms with Crippen LogP contribution in [0.25, 0.3) is 0 Å². The number of benzene rings is 3. The highest BCUT2D eigenvalue weighted by Gasteiger charge is 2.35. The lowest BCUT2D eigenvalue weighted by Gasteiger charge is -2.34. The van der Waals surface area contributed by atoms with Crippen LogP contribution in [-0.4, -0.2) is 50.9 Å². The molecule has 1 N–H and O–H groups in total. The van der Waals surface area contributed by atoms with Gasteiger partial charge in [0.2, 0.25) is 11.8 Å². The Hall–Kier alpha value is -3.92. The van der Waals surface area contributed by atoms with Crippen LogP contribution < -0.4 is 14.4 Å². The third-order valence-electron chi connectivity index (χ3n) is 6.87. The number of methoxy groups -OCH3 is 1. The monoisotopic (exact) mass is 583 g/mol. The van der Waals surface area contributed by atoms with Gasteiger partial charge in [-0.25, -0.2) is 12.8 Å². The number of aryl methyl sites for hydroxylation is 1. The van der Waals surface area contributed by atoms with Crippen molar-refractivity contribution in [3.8, 4) is 5.75 Å². The summed E-state index contributed by atoms with van der Waals surface area (Å²) in [7, 11) is -2.80. The lowest BCUT2D eigenvalue weighted by molar-refractivity contribution is -0.140. The number of amides is 2. The summed E-state index contributed by atoms with van der Waals surface area (Å²) in [5, 5.41) is 2.93. The molecule has 220 valence electrons. The van der Waals surface area contributed by atoms with Gasteiger partial charge in [0.25, 0.3) is 10.0 Å². The van der Waals surface area contributed by atoms with Gasteiger partial charge in [-0.3, -0.25) is 13.9 Å². The molecular formula is C31H38FN3O5S. The largest absolute Gasteiger partial charge is 0.495 e. The number of sulfonamides is 1. The minimum Gasteiger partial charge on any atom is -0.495 e. The molecule has 0 spiro atoms. The minimum absolute atomic E-state index is 0.00278. The number of anilines is 1. The zero-order valence-corrected chi connectivity index (χ0v) is 24.9. The molecule has 41 heavy (non-hydrogen) atoms. The van der Waals surface area contributed by atoms with Crippen LogP contribution in [0, 0.1) is 12.7 Å². The lowest BCUT2D eigenvalue weighted by Crippen LogP contribution is -2.53. The summed E-state index contributed by atoms with van der Waals surface area (Å²) >= 11 is 0. The van der Waals surface area contributed by atoms with E-state index in [4.69, 9.17) is 4.74 Å². The molecule has 0 bridgehead atoms. The van der Waals surface area contributed by atoms with E-state index in [1.807, 2.05) is 20.8 Å². The van der Waals surface area contributed by atoms with E-state index in [-0.39, 0.29) is 41.2 Å². The Bertz CT molecular complexity index is 1430. The van der Waals surface area contributed by atoms with Crippen molar-refractivity contribution in [2.24, 2.45) is 0 Å². The van der Waals surface area contributed by atoms with Gasteiger partial charge in [-0.05, 0) is 74.2 Å². The van der Waals surface area contributed by atoms with Crippen molar-refractivity contribution in [3.05, 3.63) is 89.7 Å². The van der Waals surface area contributed by atoms with E-state index in [2.05, 4.69) is 5.32 Å². The molecule has 0 heterocycles. The van der Waals surface area contributed by atoms with E-state index in [9.17, 15) is 22.4 Å². The number of rotatable bonds is 13.